The van der Waals surface area contributed by atoms with Gasteiger partial charge in [0.1, 0.15) is 32.7 Å². The normalized spacial score (nSPS) is 15.8. The molecule has 13 rings (SSSR count). The summed E-state index contributed by atoms with van der Waals surface area (Å²) in [5, 5.41) is 10.6. The van der Waals surface area contributed by atoms with Gasteiger partial charge in [-0.1, -0.05) is 146 Å². The van der Waals surface area contributed by atoms with Crippen molar-refractivity contribution in [2.24, 2.45) is 5.92 Å². The summed E-state index contributed by atoms with van der Waals surface area (Å²) in [4.78, 5) is 11.4. The lowest BCUT2D eigenvalue weighted by Gasteiger charge is -2.23. The van der Waals surface area contributed by atoms with Crippen molar-refractivity contribution >= 4 is 103 Å². The third-order valence-electron chi connectivity index (χ3n) is 12.6. The lowest BCUT2D eigenvalue weighted by molar-refractivity contribution is 0.621. The molecule has 60 heavy (non-hydrogen) atoms. The van der Waals surface area contributed by atoms with E-state index in [1.165, 1.54) is 37.0 Å². The number of thiophene rings is 1. The molecule has 8 aromatic carbocycles. The van der Waals surface area contributed by atoms with Gasteiger partial charge < -0.3 is 8.83 Å². The fourth-order valence-electron chi connectivity index (χ4n) is 9.66. The summed E-state index contributed by atoms with van der Waals surface area (Å²) in [6, 6.07) is 54.0. The molecule has 0 bridgehead atoms. The molecule has 0 aliphatic heterocycles. The minimum absolute atomic E-state index is 0.0520. The van der Waals surface area contributed by atoms with Gasteiger partial charge >= 0.3 is 0 Å². The highest BCUT2D eigenvalue weighted by atomic mass is 32.1. The van der Waals surface area contributed by atoms with E-state index in [0.717, 1.165) is 87.9 Å². The van der Waals surface area contributed by atoms with Crippen molar-refractivity contribution in [3.05, 3.63) is 187 Å². The molecule has 1 aliphatic rings. The summed E-state index contributed by atoms with van der Waals surface area (Å²) < 4.78 is 14.4. The molecule has 4 aromatic heterocycles. The van der Waals surface area contributed by atoms with Crippen molar-refractivity contribution in [1.82, 2.24) is 9.97 Å². The second kappa shape index (κ2) is 12.8. The molecule has 12 aromatic rings. The van der Waals surface area contributed by atoms with Gasteiger partial charge in [-0.25, -0.2) is 9.97 Å². The first-order valence-corrected chi connectivity index (χ1v) is 21.3. The summed E-state index contributed by atoms with van der Waals surface area (Å²) in [5.74, 6) is 0.300. The second-order valence-corrected chi connectivity index (χ2v) is 17.1. The summed E-state index contributed by atoms with van der Waals surface area (Å²) in [6.07, 6.45) is 8.88. The third kappa shape index (κ3) is 5.03. The van der Waals surface area contributed by atoms with Crippen molar-refractivity contribution in [1.29, 1.82) is 0 Å². The molecule has 4 heterocycles. The van der Waals surface area contributed by atoms with E-state index in [-0.39, 0.29) is 11.8 Å². The molecule has 0 saturated carbocycles. The molecule has 2 unspecified atom stereocenters. The number of nitrogens with zero attached hydrogens (tertiary/aromatic N) is 2. The molecule has 1 aliphatic carbocycles. The maximum Gasteiger partial charge on any atom is 0.143 e. The summed E-state index contributed by atoms with van der Waals surface area (Å²) in [7, 11) is 0. The summed E-state index contributed by atoms with van der Waals surface area (Å²) >= 11 is 1.70. The van der Waals surface area contributed by atoms with E-state index in [1.807, 2.05) is 6.20 Å². The van der Waals surface area contributed by atoms with Crippen molar-refractivity contribution in [2.45, 2.75) is 12.8 Å². The van der Waals surface area contributed by atoms with Crippen LogP contribution in [-0.4, -0.2) is 9.97 Å². The number of furan rings is 2. The van der Waals surface area contributed by atoms with E-state index in [0.29, 0.717) is 0 Å². The fraction of sp³-hybridized carbons (Fsp3) is 0.0545. The van der Waals surface area contributed by atoms with Crippen LogP contribution in [0.4, 0.5) is 0 Å². The molecular weight excluding hydrogens is 753 g/mol. The van der Waals surface area contributed by atoms with E-state index in [9.17, 15) is 0 Å². The van der Waals surface area contributed by atoms with Gasteiger partial charge in [-0.05, 0) is 80.1 Å². The summed E-state index contributed by atoms with van der Waals surface area (Å²) in [5.41, 5.74) is 12.3. The fourth-order valence-corrected chi connectivity index (χ4v) is 10.6. The third-order valence-corrected chi connectivity index (χ3v) is 13.7. The minimum Gasteiger partial charge on any atom is -0.455 e. The van der Waals surface area contributed by atoms with Crippen LogP contribution in [0.3, 0.4) is 0 Å². The Morgan fingerprint density at radius 3 is 1.93 bits per heavy atom. The van der Waals surface area contributed by atoms with Crippen molar-refractivity contribution < 1.29 is 8.83 Å². The van der Waals surface area contributed by atoms with E-state index in [1.54, 1.807) is 11.3 Å². The molecule has 0 amide bonds. The lowest BCUT2D eigenvalue weighted by Crippen LogP contribution is -2.11. The maximum absolute atomic E-state index is 6.63. The largest absolute Gasteiger partial charge is 0.455 e. The standard InChI is InChI=1S/C55H34N2O2S/c1-31-19-20-37(41-16-8-18-43-51-39-14-5-3-10-33(39)22-25-48(51)59-54(41)43)29-44(31)46-30-56-55-52(57-46)45-28-35(23-26-49(45)60-55)34-11-6-12-36(27-34)40-15-7-17-42-50-38-13-4-2-9-32(38)21-24-47(50)58-53(40)42/h2-31,44H,1H3. The molecule has 2 atom stereocenters. The Morgan fingerprint density at radius 2 is 1.18 bits per heavy atom. The lowest BCUT2D eigenvalue weighted by atomic mass is 9.83. The van der Waals surface area contributed by atoms with Gasteiger partial charge in [0.15, 0.2) is 0 Å². The molecule has 5 heteroatoms. The van der Waals surface area contributed by atoms with Crippen molar-refractivity contribution in [3.8, 4) is 22.3 Å². The van der Waals surface area contributed by atoms with Gasteiger partial charge in [-0.2, -0.15) is 0 Å². The van der Waals surface area contributed by atoms with Crippen LogP contribution in [-0.2, 0) is 0 Å². The van der Waals surface area contributed by atoms with Gasteiger partial charge in [0.05, 0.1) is 11.9 Å². The highest BCUT2D eigenvalue weighted by Crippen LogP contribution is 2.44. The minimum atomic E-state index is 0.0520. The number of fused-ring (bicyclic) bond motifs is 13. The van der Waals surface area contributed by atoms with Gasteiger partial charge in [0.2, 0.25) is 0 Å². The Kier molecular flexibility index (Phi) is 7.19. The SMILES string of the molecule is CC1C=CC(c2cccc3c2oc2ccc4ccccc4c23)=CC1c1cnc2sc3ccc(-c4cccc(-c5cccc6c5oc5ccc7ccccc7c56)c4)cc3c2n1. The van der Waals surface area contributed by atoms with Gasteiger partial charge in [-0.3, -0.25) is 0 Å². The average Bonchev–Trinajstić information content (AvgIpc) is 4.00. The maximum atomic E-state index is 6.63. The average molecular weight is 787 g/mol. The van der Waals surface area contributed by atoms with Crippen LogP contribution in [0.5, 0.6) is 0 Å². The Labute approximate surface area is 348 Å². The van der Waals surface area contributed by atoms with Crippen LogP contribution in [0.15, 0.2) is 185 Å². The predicted molar refractivity (Wildman–Crippen MR) is 251 cm³/mol. The van der Waals surface area contributed by atoms with E-state index < -0.39 is 0 Å². The number of benzene rings is 8. The number of para-hydroxylation sites is 2. The quantitative estimate of drug-likeness (QED) is 0.178. The van der Waals surface area contributed by atoms with Gasteiger partial charge in [0, 0.05) is 48.7 Å². The Bertz CT molecular complexity index is 3820. The first kappa shape index (κ1) is 33.6. The van der Waals surface area contributed by atoms with Gasteiger partial charge in [0.25, 0.3) is 0 Å². The molecule has 0 saturated heterocycles. The molecule has 0 spiro atoms. The second-order valence-electron chi connectivity index (χ2n) is 16.1. The first-order chi connectivity index (χ1) is 29.6. The van der Waals surface area contributed by atoms with Gasteiger partial charge in [-0.15, -0.1) is 11.3 Å². The highest BCUT2D eigenvalue weighted by Gasteiger charge is 2.25. The monoisotopic (exact) mass is 786 g/mol. The zero-order chi connectivity index (χ0) is 39.5. The van der Waals surface area contributed by atoms with Crippen molar-refractivity contribution in [3.63, 3.8) is 0 Å². The molecule has 4 nitrogen and oxygen atoms in total. The molecule has 0 fully saturated rings. The molecule has 0 N–H and O–H groups in total. The zero-order valence-electron chi connectivity index (χ0n) is 32.5. The number of hydrogen-bond acceptors (Lipinski definition) is 5. The highest BCUT2D eigenvalue weighted by molar-refractivity contribution is 7.25. The Morgan fingerprint density at radius 1 is 0.550 bits per heavy atom. The zero-order valence-corrected chi connectivity index (χ0v) is 33.3. The van der Waals surface area contributed by atoms with E-state index in [2.05, 4.69) is 177 Å². The molecular formula is C55H34N2O2S. The topological polar surface area (TPSA) is 52.1 Å². The van der Waals surface area contributed by atoms with E-state index in [4.69, 9.17) is 18.8 Å². The number of hydrogen-bond donors (Lipinski definition) is 0. The van der Waals surface area contributed by atoms with E-state index >= 15 is 0 Å². The van der Waals surface area contributed by atoms with Crippen LogP contribution in [0.1, 0.15) is 24.1 Å². The predicted octanol–water partition coefficient (Wildman–Crippen LogP) is 15.7. The van der Waals surface area contributed by atoms with Crippen molar-refractivity contribution in [2.75, 3.05) is 0 Å². The van der Waals surface area contributed by atoms with Crippen LogP contribution in [0.25, 0.3) is 114 Å². The Balaban J connectivity index is 0.886. The smallest absolute Gasteiger partial charge is 0.143 e. The number of aromatic nitrogens is 2. The summed E-state index contributed by atoms with van der Waals surface area (Å²) in [6.45, 7) is 2.26. The Hall–Kier alpha value is -7.34. The van der Waals surface area contributed by atoms with Crippen LogP contribution >= 0.6 is 11.3 Å². The first-order valence-electron chi connectivity index (χ1n) is 20.5. The van der Waals surface area contributed by atoms with Crippen LogP contribution in [0, 0.1) is 5.92 Å². The number of rotatable bonds is 4. The number of allylic oxidation sites excluding steroid dienone is 4. The van der Waals surface area contributed by atoms with Crippen LogP contribution < -0.4 is 0 Å². The van der Waals surface area contributed by atoms with Crippen LogP contribution in [0.2, 0.25) is 0 Å². The molecule has 282 valence electrons. The molecule has 0 radical (unpaired) electrons.